The molecule has 39 heavy (non-hydrogen) atoms. The Morgan fingerprint density at radius 3 is 2.38 bits per heavy atom. The zero-order chi connectivity index (χ0) is 28.4. The molecule has 2 heterocycles. The van der Waals surface area contributed by atoms with E-state index in [1.54, 1.807) is 0 Å². The predicted molar refractivity (Wildman–Crippen MR) is 171 cm³/mol. The van der Waals surface area contributed by atoms with Crippen LogP contribution in [0.5, 0.6) is 0 Å². The predicted octanol–water partition coefficient (Wildman–Crippen LogP) is 10.1. The fourth-order valence-electron chi connectivity index (χ4n) is 5.68. The van der Waals surface area contributed by atoms with Crippen LogP contribution in [0.4, 0.5) is 5.82 Å². The highest BCUT2D eigenvalue weighted by Crippen LogP contribution is 2.33. The molecular formula is C35H48ClN3. The molecule has 2 aromatic carbocycles. The second-order valence-corrected chi connectivity index (χ2v) is 11.4. The molecule has 2 unspecified atom stereocenters. The Hall–Kier alpha value is -2.78. The molecule has 0 amide bonds. The van der Waals surface area contributed by atoms with Crippen molar-refractivity contribution in [1.82, 2.24) is 9.88 Å². The summed E-state index contributed by atoms with van der Waals surface area (Å²) in [5.74, 6) is 0.829. The minimum Gasteiger partial charge on any atom is -0.383 e. The number of nitrogens with zero attached hydrogens (tertiary/aromatic N) is 2. The molecule has 1 aliphatic rings. The van der Waals surface area contributed by atoms with Gasteiger partial charge in [-0.05, 0) is 78.5 Å². The Morgan fingerprint density at radius 2 is 1.77 bits per heavy atom. The maximum atomic E-state index is 6.51. The lowest BCUT2D eigenvalue weighted by molar-refractivity contribution is 0.361. The Kier molecular flexibility index (Phi) is 11.9. The van der Waals surface area contributed by atoms with Crippen LogP contribution in [-0.2, 0) is 6.42 Å². The molecule has 2 atom stereocenters. The zero-order valence-electron chi connectivity index (χ0n) is 24.8. The third-order valence-electron chi connectivity index (χ3n) is 7.99. The first kappa shape index (κ1) is 30.8. The van der Waals surface area contributed by atoms with Gasteiger partial charge in [-0.2, -0.15) is 0 Å². The van der Waals surface area contributed by atoms with Crippen molar-refractivity contribution in [3.05, 3.63) is 88.6 Å². The average Bonchev–Trinajstić information content (AvgIpc) is 3.42. The number of aryl methyl sites for hydroxylation is 1. The van der Waals surface area contributed by atoms with Crippen molar-refractivity contribution in [3.63, 3.8) is 0 Å². The van der Waals surface area contributed by atoms with E-state index in [2.05, 4.69) is 87.5 Å². The lowest BCUT2D eigenvalue weighted by atomic mass is 9.90. The monoisotopic (exact) mass is 545 g/mol. The van der Waals surface area contributed by atoms with Crippen LogP contribution in [0.1, 0.15) is 101 Å². The molecule has 4 rings (SSSR count). The molecule has 0 saturated carbocycles. The molecule has 4 heteroatoms. The normalized spacial score (nSPS) is 15.5. The van der Waals surface area contributed by atoms with Crippen molar-refractivity contribution in [2.75, 3.05) is 12.3 Å². The van der Waals surface area contributed by atoms with Crippen molar-refractivity contribution >= 4 is 23.1 Å². The van der Waals surface area contributed by atoms with Crippen molar-refractivity contribution < 1.29 is 0 Å². The number of nitrogens with two attached hydrogens (primary N) is 1. The van der Waals surface area contributed by atoms with E-state index in [9.17, 15) is 0 Å². The van der Waals surface area contributed by atoms with Crippen molar-refractivity contribution in [2.24, 2.45) is 0 Å². The zero-order valence-corrected chi connectivity index (χ0v) is 25.5. The van der Waals surface area contributed by atoms with Crippen LogP contribution < -0.4 is 5.73 Å². The molecule has 0 radical (unpaired) electrons. The van der Waals surface area contributed by atoms with Gasteiger partial charge in [0, 0.05) is 35.1 Å². The fraction of sp³-hybridized carbons (Fsp3) is 0.457. The summed E-state index contributed by atoms with van der Waals surface area (Å²) < 4.78 is 0. The van der Waals surface area contributed by atoms with Gasteiger partial charge in [-0.25, -0.2) is 4.98 Å². The first-order valence-electron chi connectivity index (χ1n) is 14.9. The highest BCUT2D eigenvalue weighted by molar-refractivity contribution is 6.31. The van der Waals surface area contributed by atoms with E-state index in [1.165, 1.54) is 61.6 Å². The number of hydrogen-bond donors (Lipinski definition) is 1. The Labute approximate surface area is 242 Å². The summed E-state index contributed by atoms with van der Waals surface area (Å²) in [5, 5.41) is 0.810. The van der Waals surface area contributed by atoms with Crippen molar-refractivity contribution in [2.45, 2.75) is 97.9 Å². The molecule has 2 N–H and O–H groups in total. The molecule has 1 saturated heterocycles. The minimum atomic E-state index is 0.246. The van der Waals surface area contributed by atoms with Crippen molar-refractivity contribution in [3.8, 4) is 11.1 Å². The van der Waals surface area contributed by atoms with Gasteiger partial charge in [0.2, 0.25) is 0 Å². The van der Waals surface area contributed by atoms with E-state index >= 15 is 0 Å². The summed E-state index contributed by atoms with van der Waals surface area (Å²) in [7, 11) is 0. The number of aromatic nitrogens is 1. The van der Waals surface area contributed by atoms with E-state index in [4.69, 9.17) is 17.3 Å². The van der Waals surface area contributed by atoms with Crippen LogP contribution in [0.15, 0.2) is 61.3 Å². The van der Waals surface area contributed by atoms with Gasteiger partial charge in [-0.3, -0.25) is 0 Å². The van der Waals surface area contributed by atoms with Gasteiger partial charge in [0.15, 0.2) is 0 Å². The third kappa shape index (κ3) is 8.11. The number of likely N-dealkylation sites (tertiary alicyclic amines) is 1. The molecule has 0 bridgehead atoms. The van der Waals surface area contributed by atoms with Crippen LogP contribution in [0.2, 0.25) is 5.02 Å². The summed E-state index contributed by atoms with van der Waals surface area (Å²) in [6.45, 7) is 16.5. The van der Waals surface area contributed by atoms with Crippen LogP contribution in [0.3, 0.4) is 0 Å². The lowest BCUT2D eigenvalue weighted by Crippen LogP contribution is -2.26. The SMILES string of the molecule is C=C(c1ccc(-c2cnc(N)c(CC(C)c3c(C)cccc3Cl)c2)cc1)N1CCCC1CC.CCCCCC. The molecule has 0 spiro atoms. The standard InChI is InChI=1S/C29H34ClN3.C6H14/c1-5-26-9-7-15-33(26)21(4)22-11-13-23(14-12-22)25-17-24(29(31)32-18-25)16-20(3)28-19(2)8-6-10-27(28)30;1-3-5-6-4-2/h6,8,10-14,17-18,20,26H,4-5,7,9,15-16H2,1-3H3,(H2,31,32);3-6H2,1-2H3. The molecule has 1 aromatic heterocycles. The molecule has 1 aliphatic heterocycles. The number of rotatable bonds is 10. The van der Waals surface area contributed by atoms with Gasteiger partial charge in [-0.1, -0.05) is 108 Å². The summed E-state index contributed by atoms with van der Waals surface area (Å²) in [4.78, 5) is 6.98. The Bertz CT molecular complexity index is 1180. The third-order valence-corrected chi connectivity index (χ3v) is 8.32. The highest BCUT2D eigenvalue weighted by atomic mass is 35.5. The number of pyridine rings is 1. The number of anilines is 1. The summed E-state index contributed by atoms with van der Waals surface area (Å²) in [6, 6.07) is 17.5. The summed E-state index contributed by atoms with van der Waals surface area (Å²) in [5.41, 5.74) is 14.2. The summed E-state index contributed by atoms with van der Waals surface area (Å²) >= 11 is 6.51. The molecule has 1 fully saturated rings. The smallest absolute Gasteiger partial charge is 0.126 e. The van der Waals surface area contributed by atoms with Crippen molar-refractivity contribution in [1.29, 1.82) is 0 Å². The number of unbranched alkanes of at least 4 members (excludes halogenated alkanes) is 3. The Balaban J connectivity index is 0.000000631. The fourth-order valence-corrected chi connectivity index (χ4v) is 6.09. The molecular weight excluding hydrogens is 498 g/mol. The minimum absolute atomic E-state index is 0.246. The van der Waals surface area contributed by atoms with Crippen LogP contribution in [0.25, 0.3) is 16.8 Å². The second-order valence-electron chi connectivity index (χ2n) is 11.0. The van der Waals surface area contributed by atoms with Gasteiger partial charge in [0.1, 0.15) is 5.82 Å². The highest BCUT2D eigenvalue weighted by Gasteiger charge is 2.24. The van der Waals surface area contributed by atoms with Crippen LogP contribution in [-0.4, -0.2) is 22.5 Å². The molecule has 0 aliphatic carbocycles. The number of halogens is 1. The van der Waals surface area contributed by atoms with E-state index in [0.29, 0.717) is 11.9 Å². The van der Waals surface area contributed by atoms with Crippen LogP contribution >= 0.6 is 11.6 Å². The molecule has 210 valence electrons. The van der Waals surface area contributed by atoms with E-state index < -0.39 is 0 Å². The van der Waals surface area contributed by atoms with E-state index in [-0.39, 0.29) is 5.92 Å². The average molecular weight is 546 g/mol. The van der Waals surface area contributed by atoms with Gasteiger partial charge in [0.05, 0.1) is 0 Å². The first-order chi connectivity index (χ1) is 18.8. The quantitative estimate of drug-likeness (QED) is 0.258. The van der Waals surface area contributed by atoms with E-state index in [1.807, 2.05) is 18.3 Å². The number of nitrogen functional groups attached to an aromatic ring is 1. The molecule has 3 nitrogen and oxygen atoms in total. The van der Waals surface area contributed by atoms with E-state index in [0.717, 1.165) is 40.4 Å². The van der Waals surface area contributed by atoms with Gasteiger partial charge in [-0.15, -0.1) is 0 Å². The first-order valence-corrected chi connectivity index (χ1v) is 15.2. The van der Waals surface area contributed by atoms with Gasteiger partial charge in [0.25, 0.3) is 0 Å². The number of benzene rings is 2. The lowest BCUT2D eigenvalue weighted by Gasteiger charge is -2.28. The van der Waals surface area contributed by atoms with Gasteiger partial charge < -0.3 is 10.6 Å². The maximum Gasteiger partial charge on any atom is 0.126 e. The molecule has 3 aromatic rings. The largest absolute Gasteiger partial charge is 0.383 e. The summed E-state index contributed by atoms with van der Waals surface area (Å²) in [6.07, 6.45) is 11.9. The van der Waals surface area contributed by atoms with Crippen LogP contribution in [0, 0.1) is 6.92 Å². The number of hydrogen-bond acceptors (Lipinski definition) is 3. The second kappa shape index (κ2) is 15.1. The maximum absolute atomic E-state index is 6.51. The van der Waals surface area contributed by atoms with Gasteiger partial charge >= 0.3 is 0 Å². The topological polar surface area (TPSA) is 42.1 Å². The Morgan fingerprint density at radius 1 is 1.08 bits per heavy atom.